The summed E-state index contributed by atoms with van der Waals surface area (Å²) in [7, 11) is -0.860. The number of hydrogen-bond acceptors (Lipinski definition) is 3. The maximum absolute atomic E-state index is 12.1. The van der Waals surface area contributed by atoms with E-state index in [0.717, 1.165) is 18.9 Å². The van der Waals surface area contributed by atoms with Crippen molar-refractivity contribution in [2.75, 3.05) is 18.8 Å². The predicted molar refractivity (Wildman–Crippen MR) is 120 cm³/mol. The van der Waals surface area contributed by atoms with E-state index >= 15 is 0 Å². The molecule has 24 heavy (non-hydrogen) atoms. The number of thiophene rings is 1. The van der Waals surface area contributed by atoms with Crippen LogP contribution in [0.15, 0.2) is 17.1 Å². The Morgan fingerprint density at radius 2 is 2.04 bits per heavy atom. The Kier molecular flexibility index (Phi) is 11.4. The van der Waals surface area contributed by atoms with Crippen LogP contribution in [0.4, 0.5) is 0 Å². The smallest absolute Gasteiger partial charge is 0.191 e. The zero-order chi connectivity index (χ0) is 17.5. The van der Waals surface area contributed by atoms with Gasteiger partial charge in [-0.05, 0) is 53.7 Å². The van der Waals surface area contributed by atoms with E-state index in [9.17, 15) is 4.21 Å². The Balaban J connectivity index is 0.00000529. The van der Waals surface area contributed by atoms with Gasteiger partial charge in [-0.1, -0.05) is 0 Å². The first kappa shape index (κ1) is 23.9. The van der Waals surface area contributed by atoms with Gasteiger partial charge in [0, 0.05) is 50.1 Å². The Morgan fingerprint density at radius 3 is 2.54 bits per heavy atom. The summed E-state index contributed by atoms with van der Waals surface area (Å²) in [6, 6.07) is 4.65. The van der Waals surface area contributed by atoms with Crippen LogP contribution in [0, 0.1) is 6.92 Å². The quantitative estimate of drug-likeness (QED) is 0.352. The van der Waals surface area contributed by atoms with Crippen molar-refractivity contribution in [2.24, 2.45) is 4.99 Å². The van der Waals surface area contributed by atoms with Crippen LogP contribution in [0.3, 0.4) is 0 Å². The first-order valence-corrected chi connectivity index (χ1v) is 10.3. The summed E-state index contributed by atoms with van der Waals surface area (Å²) in [6.45, 7) is 13.7. The van der Waals surface area contributed by atoms with E-state index in [1.165, 1.54) is 9.75 Å². The number of aliphatic imine (C=N–C) groups is 1. The minimum absolute atomic E-state index is 0. The first-order valence-electron chi connectivity index (χ1n) is 8.21. The number of nitrogens with one attached hydrogen (secondary N) is 2. The monoisotopic (exact) mass is 485 g/mol. The van der Waals surface area contributed by atoms with E-state index in [0.29, 0.717) is 18.3 Å². The fourth-order valence-corrected chi connectivity index (χ4v) is 3.94. The SMILES string of the molecule is CCNC(=NCCS(=O)C(C)(C)C)NC(C)Cc1ccc(C)s1.I. The van der Waals surface area contributed by atoms with E-state index in [1.807, 2.05) is 32.1 Å². The van der Waals surface area contributed by atoms with Crippen molar-refractivity contribution in [2.45, 2.75) is 58.8 Å². The van der Waals surface area contributed by atoms with Gasteiger partial charge in [0.05, 0.1) is 6.54 Å². The second-order valence-electron chi connectivity index (χ2n) is 6.68. The third-order valence-electron chi connectivity index (χ3n) is 3.26. The Labute approximate surface area is 170 Å². The van der Waals surface area contributed by atoms with Crippen LogP contribution in [0.1, 0.15) is 44.4 Å². The number of rotatable bonds is 7. The average molecular weight is 486 g/mol. The highest BCUT2D eigenvalue weighted by molar-refractivity contribution is 14.0. The molecule has 0 aliphatic carbocycles. The van der Waals surface area contributed by atoms with Crippen LogP contribution in [0.25, 0.3) is 0 Å². The molecule has 0 radical (unpaired) electrons. The number of nitrogens with zero attached hydrogens (tertiary/aromatic N) is 1. The lowest BCUT2D eigenvalue weighted by atomic mass is 10.2. The summed E-state index contributed by atoms with van der Waals surface area (Å²) < 4.78 is 11.9. The zero-order valence-corrected chi connectivity index (χ0v) is 19.6. The molecule has 0 spiro atoms. The molecule has 1 aromatic heterocycles. The van der Waals surface area contributed by atoms with Gasteiger partial charge in [-0.25, -0.2) is 0 Å². The molecule has 0 aromatic carbocycles. The molecule has 140 valence electrons. The van der Waals surface area contributed by atoms with Crippen molar-refractivity contribution in [3.8, 4) is 0 Å². The second-order valence-corrected chi connectivity index (χ2v) is 10.4. The zero-order valence-electron chi connectivity index (χ0n) is 15.6. The molecular formula is C17H32IN3OS2. The lowest BCUT2D eigenvalue weighted by Crippen LogP contribution is -2.43. The molecule has 0 aliphatic rings. The summed E-state index contributed by atoms with van der Waals surface area (Å²) in [6.07, 6.45) is 0.983. The number of guanidine groups is 1. The van der Waals surface area contributed by atoms with Gasteiger partial charge in [0.15, 0.2) is 5.96 Å². The van der Waals surface area contributed by atoms with Gasteiger partial charge in [-0.3, -0.25) is 9.20 Å². The minimum Gasteiger partial charge on any atom is -0.357 e. The third kappa shape index (κ3) is 9.36. The normalized spacial score (nSPS) is 14.7. The summed E-state index contributed by atoms with van der Waals surface area (Å²) in [5.74, 6) is 1.40. The summed E-state index contributed by atoms with van der Waals surface area (Å²) in [5.41, 5.74) is 0. The lowest BCUT2D eigenvalue weighted by molar-refractivity contribution is 0.643. The van der Waals surface area contributed by atoms with Gasteiger partial charge in [0.1, 0.15) is 0 Å². The highest BCUT2D eigenvalue weighted by atomic mass is 127. The highest BCUT2D eigenvalue weighted by Crippen LogP contribution is 2.16. The highest BCUT2D eigenvalue weighted by Gasteiger charge is 2.18. The van der Waals surface area contributed by atoms with E-state index in [1.54, 1.807) is 0 Å². The maximum atomic E-state index is 12.1. The van der Waals surface area contributed by atoms with Crippen molar-refractivity contribution >= 4 is 52.1 Å². The maximum Gasteiger partial charge on any atom is 0.191 e. The van der Waals surface area contributed by atoms with Crippen LogP contribution in [0.5, 0.6) is 0 Å². The van der Waals surface area contributed by atoms with E-state index in [2.05, 4.69) is 48.5 Å². The second kappa shape index (κ2) is 11.5. The van der Waals surface area contributed by atoms with Crippen LogP contribution in [-0.4, -0.2) is 39.8 Å². The van der Waals surface area contributed by atoms with Crippen molar-refractivity contribution in [3.63, 3.8) is 0 Å². The van der Waals surface area contributed by atoms with Crippen LogP contribution in [-0.2, 0) is 17.2 Å². The first-order chi connectivity index (χ1) is 10.7. The molecule has 1 rings (SSSR count). The Hall–Kier alpha value is -0.150. The Bertz CT molecular complexity index is 538. The Morgan fingerprint density at radius 1 is 1.38 bits per heavy atom. The minimum atomic E-state index is -0.860. The molecule has 7 heteroatoms. The largest absolute Gasteiger partial charge is 0.357 e. The van der Waals surface area contributed by atoms with Crippen molar-refractivity contribution in [1.82, 2.24) is 10.6 Å². The van der Waals surface area contributed by atoms with E-state index < -0.39 is 10.8 Å². The van der Waals surface area contributed by atoms with Gasteiger partial charge in [-0.15, -0.1) is 35.3 Å². The predicted octanol–water partition coefficient (Wildman–Crippen LogP) is 3.71. The molecule has 2 unspecified atom stereocenters. The molecule has 0 aliphatic heterocycles. The van der Waals surface area contributed by atoms with Gasteiger partial charge in [-0.2, -0.15) is 0 Å². The number of hydrogen-bond donors (Lipinski definition) is 2. The molecule has 1 heterocycles. The molecule has 0 bridgehead atoms. The van der Waals surface area contributed by atoms with E-state index in [-0.39, 0.29) is 28.7 Å². The van der Waals surface area contributed by atoms with Gasteiger partial charge in [0.2, 0.25) is 0 Å². The number of aryl methyl sites for hydroxylation is 1. The molecule has 2 atom stereocenters. The molecule has 0 fully saturated rings. The molecule has 0 amide bonds. The standard InChI is InChI=1S/C17H31N3OS2.HI/c1-7-18-16(19-10-11-23(21)17(4,5)6)20-13(2)12-15-9-8-14(3)22-15;/h8-9,13H,7,10-12H2,1-6H3,(H2,18,19,20);1H. The summed E-state index contributed by atoms with van der Waals surface area (Å²) in [5, 5.41) is 6.70. The summed E-state index contributed by atoms with van der Waals surface area (Å²) >= 11 is 1.84. The molecule has 4 nitrogen and oxygen atoms in total. The van der Waals surface area contributed by atoms with Gasteiger partial charge in [0.25, 0.3) is 0 Å². The fraction of sp³-hybridized carbons (Fsp3) is 0.706. The van der Waals surface area contributed by atoms with Gasteiger partial charge < -0.3 is 10.6 Å². The molecule has 0 saturated carbocycles. The van der Waals surface area contributed by atoms with Crippen molar-refractivity contribution < 1.29 is 4.21 Å². The van der Waals surface area contributed by atoms with Crippen molar-refractivity contribution in [3.05, 3.63) is 21.9 Å². The fourth-order valence-electron chi connectivity index (χ4n) is 2.05. The molecule has 2 N–H and O–H groups in total. The topological polar surface area (TPSA) is 53.5 Å². The lowest BCUT2D eigenvalue weighted by Gasteiger charge is -2.19. The molecule has 0 saturated heterocycles. The molecule has 1 aromatic rings. The van der Waals surface area contributed by atoms with Gasteiger partial charge >= 0.3 is 0 Å². The number of halogens is 1. The van der Waals surface area contributed by atoms with E-state index in [4.69, 9.17) is 0 Å². The van der Waals surface area contributed by atoms with Crippen LogP contribution < -0.4 is 10.6 Å². The van der Waals surface area contributed by atoms with Crippen LogP contribution in [0.2, 0.25) is 0 Å². The summed E-state index contributed by atoms with van der Waals surface area (Å²) in [4.78, 5) is 7.29. The molecular weight excluding hydrogens is 453 g/mol. The van der Waals surface area contributed by atoms with Crippen molar-refractivity contribution in [1.29, 1.82) is 0 Å². The van der Waals surface area contributed by atoms with Crippen LogP contribution >= 0.6 is 35.3 Å². The average Bonchev–Trinajstić information content (AvgIpc) is 2.82. The third-order valence-corrected chi connectivity index (χ3v) is 6.20.